The maximum absolute atomic E-state index is 10.9. The summed E-state index contributed by atoms with van der Waals surface area (Å²) in [6.07, 6.45) is 6.14. The van der Waals surface area contributed by atoms with E-state index in [0.717, 1.165) is 55.8 Å². The van der Waals surface area contributed by atoms with Crippen molar-refractivity contribution in [3.8, 4) is 17.2 Å². The molecule has 3 aromatic carbocycles. The summed E-state index contributed by atoms with van der Waals surface area (Å²) < 4.78 is 47.1. The van der Waals surface area contributed by atoms with Crippen molar-refractivity contribution in [2.75, 3.05) is 27.1 Å². The van der Waals surface area contributed by atoms with Crippen LogP contribution in [-0.4, -0.2) is 40.1 Å². The lowest BCUT2D eigenvalue weighted by Crippen LogP contribution is -2.29. The minimum Gasteiger partial charge on any atom is -0.497 e. The lowest BCUT2D eigenvalue weighted by molar-refractivity contribution is 0.412. The van der Waals surface area contributed by atoms with Gasteiger partial charge in [-0.3, -0.25) is 4.55 Å². The Hall–Kier alpha value is -3.03. The van der Waals surface area contributed by atoms with E-state index in [9.17, 15) is 8.42 Å². The quantitative estimate of drug-likeness (QED) is 0.135. The predicted octanol–water partition coefficient (Wildman–Crippen LogP) is 6.67. The lowest BCUT2D eigenvalue weighted by Gasteiger charge is -2.36. The molecule has 6 nitrogen and oxygen atoms in total. The molecular weight excluding hydrogens is 488 g/mol. The van der Waals surface area contributed by atoms with Gasteiger partial charge in [0.2, 0.25) is 0 Å². The first-order valence-corrected chi connectivity index (χ1v) is 14.3. The second-order valence-electron chi connectivity index (χ2n) is 9.25. The van der Waals surface area contributed by atoms with Crippen LogP contribution >= 0.6 is 0 Å². The van der Waals surface area contributed by atoms with Gasteiger partial charge in [-0.25, -0.2) is 0 Å². The van der Waals surface area contributed by atoms with Crippen molar-refractivity contribution >= 4 is 10.1 Å². The molecule has 0 amide bonds. The van der Waals surface area contributed by atoms with Crippen LogP contribution in [0.3, 0.4) is 0 Å². The van der Waals surface area contributed by atoms with Crippen molar-refractivity contribution in [3.05, 3.63) is 89.5 Å². The minimum atomic E-state index is -3.87. The van der Waals surface area contributed by atoms with E-state index in [2.05, 4.69) is 36.4 Å². The average Bonchev–Trinajstić information content (AvgIpc) is 2.92. The summed E-state index contributed by atoms with van der Waals surface area (Å²) in [5.41, 5.74) is 3.14. The molecule has 0 fully saturated rings. The highest BCUT2D eigenvalue weighted by atomic mass is 32.2. The van der Waals surface area contributed by atoms with E-state index in [1.165, 1.54) is 16.7 Å². The van der Waals surface area contributed by atoms with Gasteiger partial charge in [0, 0.05) is 5.41 Å². The molecule has 0 heterocycles. The molecule has 3 aromatic rings. The van der Waals surface area contributed by atoms with Gasteiger partial charge in [-0.2, -0.15) is 8.42 Å². The average molecular weight is 527 g/mol. The van der Waals surface area contributed by atoms with Crippen LogP contribution in [-0.2, 0) is 15.5 Å². The van der Waals surface area contributed by atoms with Crippen LogP contribution in [0.15, 0.2) is 72.8 Å². The van der Waals surface area contributed by atoms with E-state index in [-0.39, 0.29) is 5.75 Å². The molecule has 0 saturated carbocycles. The zero-order valence-corrected chi connectivity index (χ0v) is 22.8. The number of ether oxygens (including phenoxy) is 3. The maximum Gasteiger partial charge on any atom is 0.264 e. The first-order valence-electron chi connectivity index (χ1n) is 12.7. The fourth-order valence-corrected chi connectivity index (χ4v) is 5.51. The Morgan fingerprint density at radius 3 is 1.22 bits per heavy atom. The third kappa shape index (κ3) is 7.73. The summed E-state index contributed by atoms with van der Waals surface area (Å²) in [5, 5.41) is 0. The molecule has 7 heteroatoms. The van der Waals surface area contributed by atoms with E-state index in [1.54, 1.807) is 21.3 Å². The summed E-state index contributed by atoms with van der Waals surface area (Å²) in [6.45, 7) is 0. The monoisotopic (exact) mass is 526 g/mol. The predicted molar refractivity (Wildman–Crippen MR) is 148 cm³/mol. The number of hydrogen-bond acceptors (Lipinski definition) is 5. The van der Waals surface area contributed by atoms with Gasteiger partial charge in [-0.1, -0.05) is 68.5 Å². The van der Waals surface area contributed by atoms with E-state index < -0.39 is 15.5 Å². The normalized spacial score (nSPS) is 11.8. The van der Waals surface area contributed by atoms with Crippen molar-refractivity contribution in [2.45, 2.75) is 50.4 Å². The first kappa shape index (κ1) is 28.5. The van der Waals surface area contributed by atoms with Gasteiger partial charge in [0.15, 0.2) is 0 Å². The van der Waals surface area contributed by atoms with Crippen LogP contribution in [0.4, 0.5) is 0 Å². The third-order valence-electron chi connectivity index (χ3n) is 6.95. The molecule has 0 bridgehead atoms. The van der Waals surface area contributed by atoms with Crippen LogP contribution in [0.2, 0.25) is 0 Å². The van der Waals surface area contributed by atoms with Gasteiger partial charge in [0.1, 0.15) is 17.2 Å². The Labute approximate surface area is 221 Å². The SMILES string of the molecule is COc1ccc(C(CCCCCCCCS(=O)(=O)O)(c2ccc(OC)cc2)c2ccc(OC)cc2)cc1. The highest BCUT2D eigenvalue weighted by Crippen LogP contribution is 2.45. The first-order chi connectivity index (χ1) is 17.8. The summed E-state index contributed by atoms with van der Waals surface area (Å²) in [4.78, 5) is 0. The van der Waals surface area contributed by atoms with Crippen molar-refractivity contribution in [1.29, 1.82) is 0 Å². The third-order valence-corrected chi connectivity index (χ3v) is 7.76. The molecule has 0 aliphatic carbocycles. The molecule has 0 saturated heterocycles. The number of methoxy groups -OCH3 is 3. The van der Waals surface area contributed by atoms with Crippen LogP contribution in [0.25, 0.3) is 0 Å². The Morgan fingerprint density at radius 1 is 0.568 bits per heavy atom. The number of benzene rings is 3. The van der Waals surface area contributed by atoms with Gasteiger partial charge in [0.25, 0.3) is 10.1 Å². The van der Waals surface area contributed by atoms with E-state index in [1.807, 2.05) is 36.4 Å². The second kappa shape index (κ2) is 13.5. The second-order valence-corrected chi connectivity index (χ2v) is 10.8. The van der Waals surface area contributed by atoms with Gasteiger partial charge in [-0.05, 0) is 65.9 Å². The summed E-state index contributed by atoms with van der Waals surface area (Å²) >= 11 is 0. The summed E-state index contributed by atoms with van der Waals surface area (Å²) in [7, 11) is 1.14. The van der Waals surface area contributed by atoms with Crippen molar-refractivity contribution in [1.82, 2.24) is 0 Å². The van der Waals surface area contributed by atoms with Gasteiger partial charge in [0.05, 0.1) is 27.1 Å². The van der Waals surface area contributed by atoms with E-state index in [0.29, 0.717) is 6.42 Å². The van der Waals surface area contributed by atoms with Crippen molar-refractivity contribution < 1.29 is 27.2 Å². The van der Waals surface area contributed by atoms with Crippen LogP contribution in [0, 0.1) is 0 Å². The van der Waals surface area contributed by atoms with Crippen LogP contribution in [0.1, 0.15) is 61.6 Å². The van der Waals surface area contributed by atoms with Gasteiger partial charge < -0.3 is 14.2 Å². The molecule has 200 valence electrons. The molecule has 0 unspecified atom stereocenters. The van der Waals surface area contributed by atoms with E-state index >= 15 is 0 Å². The maximum atomic E-state index is 10.9. The number of rotatable bonds is 15. The molecule has 0 aliphatic rings. The van der Waals surface area contributed by atoms with Crippen LogP contribution in [0.5, 0.6) is 17.2 Å². The Morgan fingerprint density at radius 2 is 0.892 bits per heavy atom. The largest absolute Gasteiger partial charge is 0.497 e. The smallest absolute Gasteiger partial charge is 0.264 e. The number of hydrogen-bond donors (Lipinski definition) is 1. The van der Waals surface area contributed by atoms with E-state index in [4.69, 9.17) is 18.8 Å². The highest BCUT2D eigenvalue weighted by molar-refractivity contribution is 7.85. The van der Waals surface area contributed by atoms with Crippen molar-refractivity contribution in [3.63, 3.8) is 0 Å². The fraction of sp³-hybridized carbons (Fsp3) is 0.400. The molecule has 37 heavy (non-hydrogen) atoms. The van der Waals surface area contributed by atoms with Gasteiger partial charge >= 0.3 is 0 Å². The van der Waals surface area contributed by atoms with Crippen LogP contribution < -0.4 is 14.2 Å². The zero-order chi connectivity index (χ0) is 26.7. The summed E-state index contributed by atoms with van der Waals surface area (Å²) in [5.74, 6) is 2.27. The standard InChI is InChI=1S/C30H38O6S/c1-34-27-16-10-24(11-17-27)30(25-12-18-28(35-2)19-13-25,26-14-20-29(36-3)21-15-26)22-8-6-4-5-7-9-23-37(31,32)33/h10-21H,4-9,22-23H2,1-3H3,(H,31,32,33). The molecule has 0 aliphatic heterocycles. The Balaban J connectivity index is 1.91. The molecule has 1 N–H and O–H groups in total. The molecular formula is C30H38O6S. The molecule has 0 radical (unpaired) electrons. The molecule has 0 spiro atoms. The molecule has 0 aromatic heterocycles. The topological polar surface area (TPSA) is 82.1 Å². The zero-order valence-electron chi connectivity index (χ0n) is 22.0. The Kier molecular flexibility index (Phi) is 10.4. The summed E-state index contributed by atoms with van der Waals surface area (Å²) in [6, 6.07) is 24.9. The molecule has 0 atom stereocenters. The lowest BCUT2D eigenvalue weighted by atomic mass is 9.66. The minimum absolute atomic E-state index is 0.164. The fourth-order valence-electron chi connectivity index (χ4n) is 4.94. The Bertz CT molecular complexity index is 1070. The number of unbranched alkanes of at least 4 members (excludes halogenated alkanes) is 5. The molecule has 3 rings (SSSR count). The van der Waals surface area contributed by atoms with Gasteiger partial charge in [-0.15, -0.1) is 0 Å². The highest BCUT2D eigenvalue weighted by Gasteiger charge is 2.36. The van der Waals surface area contributed by atoms with Crippen molar-refractivity contribution in [2.24, 2.45) is 0 Å².